The van der Waals surface area contributed by atoms with Crippen molar-refractivity contribution in [2.75, 3.05) is 6.54 Å². The van der Waals surface area contributed by atoms with Crippen molar-refractivity contribution in [2.24, 2.45) is 5.73 Å². The number of para-hydroxylation sites is 1. The molecule has 0 radical (unpaired) electrons. The van der Waals surface area contributed by atoms with Gasteiger partial charge in [0, 0.05) is 17.5 Å². The maximum atomic E-state index is 9.90. The highest BCUT2D eigenvalue weighted by molar-refractivity contribution is 5.39. The Morgan fingerprint density at radius 2 is 1.80 bits per heavy atom. The molecule has 3 N–H and O–H groups in total. The van der Waals surface area contributed by atoms with Crippen LogP contribution in [-0.4, -0.2) is 11.7 Å². The number of hydrogen-bond acceptors (Lipinski definition) is 2. The Morgan fingerprint density at radius 1 is 1.13 bits per heavy atom. The van der Waals surface area contributed by atoms with Gasteiger partial charge in [-0.05, 0) is 18.9 Å². The number of benzene rings is 1. The average molecular weight is 205 g/mol. The van der Waals surface area contributed by atoms with Crippen molar-refractivity contribution in [1.29, 1.82) is 0 Å². The standard InChI is InChI=1S/C13H19NO/c14-10-13(8-4-1-5-9-13)11-6-2-3-7-12(11)15/h2-3,6-7,15H,1,4-5,8-10,14H2. The van der Waals surface area contributed by atoms with Crippen LogP contribution in [0.25, 0.3) is 0 Å². The lowest BCUT2D eigenvalue weighted by Gasteiger charge is -2.37. The molecule has 0 aromatic heterocycles. The molecule has 0 bridgehead atoms. The molecule has 0 amide bonds. The molecular formula is C13H19NO. The van der Waals surface area contributed by atoms with Gasteiger partial charge in [-0.15, -0.1) is 0 Å². The number of rotatable bonds is 2. The number of aromatic hydroxyl groups is 1. The molecule has 82 valence electrons. The third-order valence-electron chi connectivity index (χ3n) is 3.68. The van der Waals surface area contributed by atoms with E-state index < -0.39 is 0 Å². The van der Waals surface area contributed by atoms with Crippen LogP contribution in [0.1, 0.15) is 37.7 Å². The predicted molar refractivity (Wildman–Crippen MR) is 61.9 cm³/mol. The van der Waals surface area contributed by atoms with Gasteiger partial charge in [0.15, 0.2) is 0 Å². The van der Waals surface area contributed by atoms with Gasteiger partial charge in [0.1, 0.15) is 5.75 Å². The summed E-state index contributed by atoms with van der Waals surface area (Å²) in [5, 5.41) is 9.90. The maximum absolute atomic E-state index is 9.90. The fourth-order valence-electron chi connectivity index (χ4n) is 2.73. The predicted octanol–water partition coefficient (Wildman–Crippen LogP) is 2.55. The highest BCUT2D eigenvalue weighted by atomic mass is 16.3. The van der Waals surface area contributed by atoms with Gasteiger partial charge in [-0.3, -0.25) is 0 Å². The molecule has 0 unspecified atom stereocenters. The van der Waals surface area contributed by atoms with Gasteiger partial charge in [-0.2, -0.15) is 0 Å². The van der Waals surface area contributed by atoms with E-state index in [4.69, 9.17) is 5.73 Å². The Kier molecular flexibility index (Phi) is 2.96. The van der Waals surface area contributed by atoms with Crippen molar-refractivity contribution in [3.8, 4) is 5.75 Å². The van der Waals surface area contributed by atoms with Gasteiger partial charge in [0.2, 0.25) is 0 Å². The SMILES string of the molecule is NCC1(c2ccccc2O)CCCCC1. The first kappa shape index (κ1) is 10.5. The zero-order valence-corrected chi connectivity index (χ0v) is 9.08. The molecule has 2 rings (SSSR count). The van der Waals surface area contributed by atoms with Crippen LogP contribution < -0.4 is 5.73 Å². The van der Waals surface area contributed by atoms with Crippen molar-refractivity contribution in [3.05, 3.63) is 29.8 Å². The van der Waals surface area contributed by atoms with Crippen molar-refractivity contribution >= 4 is 0 Å². The van der Waals surface area contributed by atoms with E-state index in [1.165, 1.54) is 19.3 Å². The monoisotopic (exact) mass is 205 g/mol. The van der Waals surface area contributed by atoms with Crippen LogP contribution in [-0.2, 0) is 5.41 Å². The Balaban J connectivity index is 2.36. The number of nitrogens with two attached hydrogens (primary N) is 1. The Hall–Kier alpha value is -1.02. The first-order valence-electron chi connectivity index (χ1n) is 5.77. The summed E-state index contributed by atoms with van der Waals surface area (Å²) in [6.45, 7) is 0.643. The minimum absolute atomic E-state index is 0.0313. The summed E-state index contributed by atoms with van der Waals surface area (Å²) in [7, 11) is 0. The molecule has 0 spiro atoms. The maximum Gasteiger partial charge on any atom is 0.119 e. The van der Waals surface area contributed by atoms with E-state index in [9.17, 15) is 5.11 Å². The van der Waals surface area contributed by atoms with E-state index in [0.717, 1.165) is 18.4 Å². The second-order valence-electron chi connectivity index (χ2n) is 4.56. The molecule has 0 saturated heterocycles. The first-order chi connectivity index (χ1) is 7.28. The van der Waals surface area contributed by atoms with Crippen LogP contribution in [0.4, 0.5) is 0 Å². The molecule has 1 fully saturated rings. The number of hydrogen-bond donors (Lipinski definition) is 2. The lowest BCUT2D eigenvalue weighted by atomic mass is 9.69. The quantitative estimate of drug-likeness (QED) is 0.779. The molecular weight excluding hydrogens is 186 g/mol. The summed E-state index contributed by atoms with van der Waals surface area (Å²) < 4.78 is 0. The largest absolute Gasteiger partial charge is 0.508 e. The Labute approximate surface area is 91.1 Å². The second kappa shape index (κ2) is 4.23. The van der Waals surface area contributed by atoms with E-state index >= 15 is 0 Å². The van der Waals surface area contributed by atoms with Gasteiger partial charge in [0.25, 0.3) is 0 Å². The summed E-state index contributed by atoms with van der Waals surface area (Å²) in [5.74, 6) is 0.407. The fraction of sp³-hybridized carbons (Fsp3) is 0.538. The molecule has 1 aromatic rings. The zero-order chi connectivity index (χ0) is 10.7. The highest BCUT2D eigenvalue weighted by Gasteiger charge is 2.34. The molecule has 1 aliphatic carbocycles. The summed E-state index contributed by atoms with van der Waals surface area (Å²) in [4.78, 5) is 0. The van der Waals surface area contributed by atoms with Gasteiger partial charge in [0.05, 0.1) is 0 Å². The third-order valence-corrected chi connectivity index (χ3v) is 3.68. The van der Waals surface area contributed by atoms with Crippen molar-refractivity contribution in [1.82, 2.24) is 0 Å². The lowest BCUT2D eigenvalue weighted by molar-refractivity contribution is 0.291. The summed E-state index contributed by atoms with van der Waals surface area (Å²) >= 11 is 0. The zero-order valence-electron chi connectivity index (χ0n) is 9.08. The summed E-state index contributed by atoms with van der Waals surface area (Å²) in [6, 6.07) is 7.64. The average Bonchev–Trinajstić information content (AvgIpc) is 2.30. The van der Waals surface area contributed by atoms with Crippen molar-refractivity contribution in [2.45, 2.75) is 37.5 Å². The van der Waals surface area contributed by atoms with Gasteiger partial charge in [-0.1, -0.05) is 37.5 Å². The van der Waals surface area contributed by atoms with Crippen LogP contribution in [0, 0.1) is 0 Å². The van der Waals surface area contributed by atoms with Gasteiger partial charge in [-0.25, -0.2) is 0 Å². The van der Waals surface area contributed by atoms with Crippen LogP contribution in [0.3, 0.4) is 0 Å². The van der Waals surface area contributed by atoms with Gasteiger partial charge >= 0.3 is 0 Å². The Bertz CT molecular complexity index is 329. The molecule has 1 saturated carbocycles. The van der Waals surface area contributed by atoms with Gasteiger partial charge < -0.3 is 10.8 Å². The number of phenols is 1. The molecule has 2 heteroatoms. The fourth-order valence-corrected chi connectivity index (χ4v) is 2.73. The molecule has 0 atom stereocenters. The molecule has 15 heavy (non-hydrogen) atoms. The second-order valence-corrected chi connectivity index (χ2v) is 4.56. The van der Waals surface area contributed by atoms with Crippen LogP contribution in [0.2, 0.25) is 0 Å². The Morgan fingerprint density at radius 3 is 2.40 bits per heavy atom. The minimum Gasteiger partial charge on any atom is -0.508 e. The van der Waals surface area contributed by atoms with E-state index in [1.54, 1.807) is 6.07 Å². The highest BCUT2D eigenvalue weighted by Crippen LogP contribution is 2.41. The van der Waals surface area contributed by atoms with Crippen molar-refractivity contribution in [3.63, 3.8) is 0 Å². The van der Waals surface area contributed by atoms with E-state index in [-0.39, 0.29) is 5.41 Å². The first-order valence-corrected chi connectivity index (χ1v) is 5.77. The van der Waals surface area contributed by atoms with Crippen LogP contribution in [0.5, 0.6) is 5.75 Å². The topological polar surface area (TPSA) is 46.2 Å². The molecule has 0 heterocycles. The lowest BCUT2D eigenvalue weighted by Crippen LogP contribution is -2.37. The smallest absolute Gasteiger partial charge is 0.119 e. The van der Waals surface area contributed by atoms with E-state index in [2.05, 4.69) is 0 Å². The van der Waals surface area contributed by atoms with Crippen LogP contribution in [0.15, 0.2) is 24.3 Å². The van der Waals surface area contributed by atoms with E-state index in [1.807, 2.05) is 18.2 Å². The van der Waals surface area contributed by atoms with E-state index in [0.29, 0.717) is 12.3 Å². The summed E-state index contributed by atoms with van der Waals surface area (Å²) in [5.41, 5.74) is 7.01. The molecule has 1 aliphatic rings. The minimum atomic E-state index is 0.0313. The number of phenolic OH excluding ortho intramolecular Hbond substituents is 1. The normalized spacial score (nSPS) is 20.1. The molecule has 0 aliphatic heterocycles. The third kappa shape index (κ3) is 1.86. The van der Waals surface area contributed by atoms with Crippen LogP contribution >= 0.6 is 0 Å². The van der Waals surface area contributed by atoms with Crippen molar-refractivity contribution < 1.29 is 5.11 Å². The molecule has 1 aromatic carbocycles. The molecule has 2 nitrogen and oxygen atoms in total. The summed E-state index contributed by atoms with van der Waals surface area (Å²) in [6.07, 6.45) is 5.98.